The van der Waals surface area contributed by atoms with Gasteiger partial charge in [0.15, 0.2) is 5.60 Å². The molecule has 1 saturated carbocycles. The predicted molar refractivity (Wildman–Crippen MR) is 71.6 cm³/mol. The Labute approximate surface area is 113 Å². The number of benzene rings is 1. The lowest BCUT2D eigenvalue weighted by Gasteiger charge is -2.15. The molecule has 2 unspecified atom stereocenters. The van der Waals surface area contributed by atoms with Crippen LogP contribution in [-0.2, 0) is 14.3 Å². The van der Waals surface area contributed by atoms with E-state index in [1.54, 1.807) is 0 Å². The van der Waals surface area contributed by atoms with E-state index in [0.717, 1.165) is 18.4 Å². The predicted octanol–water partition coefficient (Wildman–Crippen LogP) is 3.39. The summed E-state index contributed by atoms with van der Waals surface area (Å²) >= 11 is 0. The summed E-state index contributed by atoms with van der Waals surface area (Å²) in [5, 5.41) is 0. The Morgan fingerprint density at radius 1 is 1.32 bits per heavy atom. The van der Waals surface area contributed by atoms with Crippen molar-refractivity contribution in [2.75, 3.05) is 0 Å². The van der Waals surface area contributed by atoms with Gasteiger partial charge in [0.25, 0.3) is 0 Å². The minimum atomic E-state index is -0.732. The number of hydrogen-bond donors (Lipinski definition) is 0. The average molecular weight is 260 g/mol. The van der Waals surface area contributed by atoms with Gasteiger partial charge in [-0.15, -0.1) is 0 Å². The van der Waals surface area contributed by atoms with Crippen LogP contribution in [0.5, 0.6) is 0 Å². The topological polar surface area (TPSA) is 38.8 Å². The SMILES string of the molecule is CCC1(C(=O)OC2CCCC2)OC1c1ccccc1. The Kier molecular flexibility index (Phi) is 3.31. The molecule has 0 N–H and O–H groups in total. The molecule has 3 rings (SSSR count). The van der Waals surface area contributed by atoms with Gasteiger partial charge in [0.1, 0.15) is 12.2 Å². The first-order valence-electron chi connectivity index (χ1n) is 7.20. The zero-order chi connectivity index (χ0) is 13.3. The minimum Gasteiger partial charge on any atom is -0.460 e. The zero-order valence-corrected chi connectivity index (χ0v) is 11.3. The third-order valence-corrected chi connectivity index (χ3v) is 4.24. The van der Waals surface area contributed by atoms with E-state index in [0.29, 0.717) is 6.42 Å². The molecule has 1 heterocycles. The van der Waals surface area contributed by atoms with Gasteiger partial charge in [-0.3, -0.25) is 0 Å². The van der Waals surface area contributed by atoms with Crippen LogP contribution < -0.4 is 0 Å². The van der Waals surface area contributed by atoms with Crippen LogP contribution in [0.25, 0.3) is 0 Å². The molecular weight excluding hydrogens is 240 g/mol. The fourth-order valence-electron chi connectivity index (χ4n) is 2.97. The van der Waals surface area contributed by atoms with Gasteiger partial charge in [0, 0.05) is 0 Å². The maximum atomic E-state index is 12.4. The summed E-state index contributed by atoms with van der Waals surface area (Å²) < 4.78 is 11.4. The smallest absolute Gasteiger partial charge is 0.341 e. The molecule has 0 aromatic heterocycles. The maximum Gasteiger partial charge on any atom is 0.341 e. The van der Waals surface area contributed by atoms with E-state index in [1.807, 2.05) is 37.3 Å². The lowest BCUT2D eigenvalue weighted by molar-refractivity contribution is -0.155. The molecule has 1 saturated heterocycles. The van der Waals surface area contributed by atoms with E-state index < -0.39 is 5.60 Å². The molecule has 0 spiro atoms. The highest BCUT2D eigenvalue weighted by atomic mass is 16.7. The van der Waals surface area contributed by atoms with E-state index in [2.05, 4.69) is 0 Å². The summed E-state index contributed by atoms with van der Waals surface area (Å²) in [7, 11) is 0. The number of epoxide rings is 1. The Bertz CT molecular complexity index is 450. The van der Waals surface area contributed by atoms with Crippen molar-refractivity contribution in [2.24, 2.45) is 0 Å². The van der Waals surface area contributed by atoms with E-state index in [1.165, 1.54) is 12.8 Å². The van der Waals surface area contributed by atoms with Crippen molar-refractivity contribution in [2.45, 2.75) is 56.8 Å². The summed E-state index contributed by atoms with van der Waals surface area (Å²) in [5.74, 6) is -0.171. The number of hydrogen-bond acceptors (Lipinski definition) is 3. The van der Waals surface area contributed by atoms with Gasteiger partial charge < -0.3 is 9.47 Å². The molecule has 1 aliphatic heterocycles. The molecule has 3 nitrogen and oxygen atoms in total. The first-order chi connectivity index (χ1) is 9.26. The Morgan fingerprint density at radius 2 is 2.00 bits per heavy atom. The summed E-state index contributed by atoms with van der Waals surface area (Å²) in [6.07, 6.45) is 4.98. The number of carbonyl (C=O) groups excluding carboxylic acids is 1. The van der Waals surface area contributed by atoms with Gasteiger partial charge >= 0.3 is 5.97 Å². The van der Waals surface area contributed by atoms with Gasteiger partial charge in [-0.2, -0.15) is 0 Å². The Morgan fingerprint density at radius 3 is 2.63 bits per heavy atom. The molecule has 0 amide bonds. The van der Waals surface area contributed by atoms with Crippen molar-refractivity contribution in [3.05, 3.63) is 35.9 Å². The van der Waals surface area contributed by atoms with Gasteiger partial charge in [0.05, 0.1) is 0 Å². The molecule has 2 atom stereocenters. The van der Waals surface area contributed by atoms with Crippen molar-refractivity contribution in [1.82, 2.24) is 0 Å². The minimum absolute atomic E-state index is 0.108. The van der Waals surface area contributed by atoms with Crippen LogP contribution in [0.1, 0.15) is 50.7 Å². The molecule has 3 heteroatoms. The normalized spacial score (nSPS) is 30.3. The van der Waals surface area contributed by atoms with Crippen LogP contribution in [0.2, 0.25) is 0 Å². The molecule has 0 radical (unpaired) electrons. The molecule has 0 bridgehead atoms. The monoisotopic (exact) mass is 260 g/mol. The van der Waals surface area contributed by atoms with Crippen LogP contribution in [0.4, 0.5) is 0 Å². The third-order valence-electron chi connectivity index (χ3n) is 4.24. The largest absolute Gasteiger partial charge is 0.460 e. The number of esters is 1. The maximum absolute atomic E-state index is 12.4. The lowest BCUT2D eigenvalue weighted by atomic mass is 9.97. The highest BCUT2D eigenvalue weighted by Gasteiger charge is 2.63. The number of carbonyl (C=O) groups is 1. The standard InChI is InChI=1S/C16H20O3/c1-2-16(15(17)18-13-10-6-7-11-13)14(19-16)12-8-4-3-5-9-12/h3-5,8-9,13-14H,2,6-7,10-11H2,1H3. The molecular formula is C16H20O3. The van der Waals surface area contributed by atoms with Crippen molar-refractivity contribution in [1.29, 1.82) is 0 Å². The van der Waals surface area contributed by atoms with E-state index in [4.69, 9.17) is 9.47 Å². The molecule has 1 aliphatic carbocycles. The first kappa shape index (κ1) is 12.7. The quantitative estimate of drug-likeness (QED) is 0.615. The van der Waals surface area contributed by atoms with Gasteiger partial charge in [0.2, 0.25) is 0 Å². The van der Waals surface area contributed by atoms with Crippen LogP contribution >= 0.6 is 0 Å². The summed E-state index contributed by atoms with van der Waals surface area (Å²) in [4.78, 5) is 12.4. The second-order valence-corrected chi connectivity index (χ2v) is 5.46. The fraction of sp³-hybridized carbons (Fsp3) is 0.562. The van der Waals surface area contributed by atoms with E-state index in [-0.39, 0.29) is 18.2 Å². The second kappa shape index (κ2) is 4.97. The highest BCUT2D eigenvalue weighted by molar-refractivity contribution is 5.84. The van der Waals surface area contributed by atoms with Crippen molar-refractivity contribution in [3.63, 3.8) is 0 Å². The van der Waals surface area contributed by atoms with Crippen LogP contribution in [0.15, 0.2) is 30.3 Å². The van der Waals surface area contributed by atoms with Gasteiger partial charge in [-0.1, -0.05) is 37.3 Å². The number of ether oxygens (including phenoxy) is 2. The van der Waals surface area contributed by atoms with Crippen LogP contribution in [0, 0.1) is 0 Å². The Balaban J connectivity index is 1.69. The first-order valence-corrected chi connectivity index (χ1v) is 7.20. The van der Waals surface area contributed by atoms with E-state index in [9.17, 15) is 4.79 Å². The fourth-order valence-corrected chi connectivity index (χ4v) is 2.97. The summed E-state index contributed by atoms with van der Waals surface area (Å²) in [6.45, 7) is 1.98. The average Bonchev–Trinajstić information content (AvgIpc) is 3.01. The van der Waals surface area contributed by atoms with E-state index >= 15 is 0 Å². The van der Waals surface area contributed by atoms with Crippen molar-refractivity contribution < 1.29 is 14.3 Å². The third kappa shape index (κ3) is 2.27. The van der Waals surface area contributed by atoms with Gasteiger partial charge in [-0.25, -0.2) is 4.79 Å². The molecule has 2 fully saturated rings. The second-order valence-electron chi connectivity index (χ2n) is 5.46. The van der Waals surface area contributed by atoms with Crippen molar-refractivity contribution >= 4 is 5.97 Å². The lowest BCUT2D eigenvalue weighted by Crippen LogP contribution is -2.30. The molecule has 19 heavy (non-hydrogen) atoms. The van der Waals surface area contributed by atoms with Gasteiger partial charge in [-0.05, 0) is 37.7 Å². The highest BCUT2D eigenvalue weighted by Crippen LogP contribution is 2.53. The van der Waals surface area contributed by atoms with Crippen molar-refractivity contribution in [3.8, 4) is 0 Å². The molecule has 2 aliphatic rings. The van der Waals surface area contributed by atoms with Crippen LogP contribution in [-0.4, -0.2) is 17.7 Å². The molecule has 1 aromatic carbocycles. The number of rotatable bonds is 4. The summed E-state index contributed by atoms with van der Waals surface area (Å²) in [5.41, 5.74) is 0.331. The molecule has 102 valence electrons. The van der Waals surface area contributed by atoms with Crippen LogP contribution in [0.3, 0.4) is 0 Å². The zero-order valence-electron chi connectivity index (χ0n) is 11.3. The summed E-state index contributed by atoms with van der Waals surface area (Å²) in [6, 6.07) is 9.92. The Hall–Kier alpha value is -1.35. The molecule has 1 aromatic rings.